The summed E-state index contributed by atoms with van der Waals surface area (Å²) in [7, 11) is 1.93. The lowest BCUT2D eigenvalue weighted by Crippen LogP contribution is -2.11. The van der Waals surface area contributed by atoms with Gasteiger partial charge in [0.1, 0.15) is 5.76 Å². The molecule has 1 saturated heterocycles. The molecule has 0 saturated carbocycles. The van der Waals surface area contributed by atoms with Crippen molar-refractivity contribution >= 4 is 11.8 Å². The van der Waals surface area contributed by atoms with Crippen LogP contribution in [0.4, 0.5) is 0 Å². The Morgan fingerprint density at radius 2 is 2.53 bits per heavy atom. The molecule has 2 atom stereocenters. The quantitative estimate of drug-likeness (QED) is 0.859. The van der Waals surface area contributed by atoms with Crippen LogP contribution in [0, 0.1) is 0 Å². The first-order chi connectivity index (χ1) is 7.31. The highest BCUT2D eigenvalue weighted by molar-refractivity contribution is 7.99. The van der Waals surface area contributed by atoms with E-state index in [1.54, 1.807) is 0 Å². The third-order valence-corrected chi connectivity index (χ3v) is 4.13. The van der Waals surface area contributed by atoms with E-state index in [4.69, 9.17) is 4.42 Å². The predicted octanol–water partition coefficient (Wildman–Crippen LogP) is 2.57. The molecule has 0 aliphatic carbocycles. The van der Waals surface area contributed by atoms with E-state index in [1.807, 2.05) is 25.0 Å². The van der Waals surface area contributed by atoms with Gasteiger partial charge in [-0.25, -0.2) is 4.98 Å². The van der Waals surface area contributed by atoms with Gasteiger partial charge >= 0.3 is 0 Å². The van der Waals surface area contributed by atoms with Crippen molar-refractivity contribution in [1.29, 1.82) is 0 Å². The van der Waals surface area contributed by atoms with Crippen LogP contribution < -0.4 is 5.32 Å². The monoisotopic (exact) mass is 226 g/mol. The van der Waals surface area contributed by atoms with Crippen molar-refractivity contribution in [1.82, 2.24) is 10.3 Å². The molecule has 1 aliphatic heterocycles. The number of rotatable bonds is 3. The van der Waals surface area contributed by atoms with E-state index in [0.29, 0.717) is 5.92 Å². The molecule has 2 unspecified atom stereocenters. The molecule has 0 amide bonds. The van der Waals surface area contributed by atoms with Gasteiger partial charge in [-0.2, -0.15) is 11.8 Å². The van der Waals surface area contributed by atoms with E-state index in [2.05, 4.69) is 17.2 Å². The molecular formula is C11H18N2OS. The maximum atomic E-state index is 5.79. The molecule has 84 valence electrons. The Bertz CT molecular complexity index is 307. The summed E-state index contributed by atoms with van der Waals surface area (Å²) in [6, 6.07) is 0.252. The van der Waals surface area contributed by atoms with Crippen molar-refractivity contribution in [3.05, 3.63) is 17.8 Å². The molecule has 0 bridgehead atoms. The van der Waals surface area contributed by atoms with Crippen LogP contribution in [0.2, 0.25) is 0 Å². The fourth-order valence-electron chi connectivity index (χ4n) is 1.77. The molecule has 1 N–H and O–H groups in total. The van der Waals surface area contributed by atoms with Crippen LogP contribution in [0.25, 0.3) is 0 Å². The first-order valence-electron chi connectivity index (χ1n) is 5.52. The second kappa shape index (κ2) is 5.03. The average molecular weight is 226 g/mol. The minimum absolute atomic E-state index is 0.252. The highest BCUT2D eigenvalue weighted by Gasteiger charge is 2.21. The van der Waals surface area contributed by atoms with Gasteiger partial charge in [0.25, 0.3) is 0 Å². The Hall–Kier alpha value is -0.480. The Labute approximate surface area is 95.0 Å². The minimum Gasteiger partial charge on any atom is -0.444 e. The SMILES string of the molecule is CNC(C)c1cnc(C2CCCSC2)o1. The molecule has 1 aromatic rings. The third-order valence-electron chi connectivity index (χ3n) is 2.91. The van der Waals surface area contributed by atoms with E-state index in [1.165, 1.54) is 18.6 Å². The Morgan fingerprint density at radius 3 is 3.20 bits per heavy atom. The maximum absolute atomic E-state index is 5.79. The predicted molar refractivity (Wildman–Crippen MR) is 63.3 cm³/mol. The lowest BCUT2D eigenvalue weighted by atomic mass is 10.1. The smallest absolute Gasteiger partial charge is 0.198 e. The van der Waals surface area contributed by atoms with Crippen molar-refractivity contribution in [2.75, 3.05) is 18.6 Å². The zero-order valence-electron chi connectivity index (χ0n) is 9.32. The molecule has 3 nitrogen and oxygen atoms in total. The van der Waals surface area contributed by atoms with Crippen LogP contribution in [0.3, 0.4) is 0 Å². The number of aromatic nitrogens is 1. The van der Waals surface area contributed by atoms with E-state index in [9.17, 15) is 0 Å². The van der Waals surface area contributed by atoms with Gasteiger partial charge in [0.15, 0.2) is 5.89 Å². The van der Waals surface area contributed by atoms with Crippen LogP contribution in [-0.2, 0) is 0 Å². The van der Waals surface area contributed by atoms with Gasteiger partial charge in [-0.05, 0) is 32.6 Å². The van der Waals surface area contributed by atoms with Gasteiger partial charge in [0.2, 0.25) is 0 Å². The van der Waals surface area contributed by atoms with Crippen LogP contribution >= 0.6 is 11.8 Å². The lowest BCUT2D eigenvalue weighted by Gasteiger charge is -2.17. The van der Waals surface area contributed by atoms with Gasteiger partial charge < -0.3 is 9.73 Å². The molecule has 15 heavy (non-hydrogen) atoms. The number of hydrogen-bond acceptors (Lipinski definition) is 4. The Kier molecular flexibility index (Phi) is 3.70. The standard InChI is InChI=1S/C11H18N2OS/c1-8(12-2)10-6-13-11(14-10)9-4-3-5-15-7-9/h6,8-9,12H,3-5,7H2,1-2H3. The van der Waals surface area contributed by atoms with Gasteiger partial charge in [-0.15, -0.1) is 0 Å². The molecule has 0 spiro atoms. The molecule has 1 aliphatic rings. The molecule has 0 aromatic carbocycles. The fourth-order valence-corrected chi connectivity index (χ4v) is 2.90. The molecule has 2 rings (SSSR count). The summed E-state index contributed by atoms with van der Waals surface area (Å²) in [6.07, 6.45) is 4.37. The van der Waals surface area contributed by atoms with Crippen LogP contribution in [0.15, 0.2) is 10.6 Å². The van der Waals surface area contributed by atoms with Gasteiger partial charge in [-0.3, -0.25) is 0 Å². The normalized spacial score (nSPS) is 24.0. The minimum atomic E-state index is 0.252. The summed E-state index contributed by atoms with van der Waals surface area (Å²) in [5.74, 6) is 4.86. The Morgan fingerprint density at radius 1 is 1.67 bits per heavy atom. The van der Waals surface area contributed by atoms with Gasteiger partial charge in [-0.1, -0.05) is 0 Å². The maximum Gasteiger partial charge on any atom is 0.198 e. The van der Waals surface area contributed by atoms with Crippen molar-refractivity contribution in [2.45, 2.75) is 31.7 Å². The van der Waals surface area contributed by atoms with Crippen LogP contribution in [-0.4, -0.2) is 23.5 Å². The summed E-state index contributed by atoms with van der Waals surface area (Å²) >= 11 is 2.01. The number of thioether (sulfide) groups is 1. The van der Waals surface area contributed by atoms with Gasteiger partial charge in [0, 0.05) is 11.7 Å². The highest BCUT2D eigenvalue weighted by Crippen LogP contribution is 2.31. The number of nitrogens with zero attached hydrogens (tertiary/aromatic N) is 1. The van der Waals surface area contributed by atoms with Crippen molar-refractivity contribution < 1.29 is 4.42 Å². The first kappa shape index (κ1) is 11.0. The molecule has 1 fully saturated rings. The van der Waals surface area contributed by atoms with E-state index >= 15 is 0 Å². The zero-order valence-corrected chi connectivity index (χ0v) is 10.1. The van der Waals surface area contributed by atoms with E-state index in [-0.39, 0.29) is 6.04 Å². The van der Waals surface area contributed by atoms with E-state index in [0.717, 1.165) is 17.4 Å². The summed E-state index contributed by atoms with van der Waals surface area (Å²) in [5.41, 5.74) is 0. The molecule has 2 heterocycles. The van der Waals surface area contributed by atoms with Gasteiger partial charge in [0.05, 0.1) is 12.2 Å². The summed E-state index contributed by atoms with van der Waals surface area (Å²) in [4.78, 5) is 4.39. The third kappa shape index (κ3) is 2.55. The summed E-state index contributed by atoms with van der Waals surface area (Å²) in [6.45, 7) is 2.08. The molecule has 0 radical (unpaired) electrons. The highest BCUT2D eigenvalue weighted by atomic mass is 32.2. The molecule has 4 heteroatoms. The second-order valence-electron chi connectivity index (χ2n) is 4.03. The summed E-state index contributed by atoms with van der Waals surface area (Å²) in [5, 5.41) is 3.16. The van der Waals surface area contributed by atoms with Crippen molar-refractivity contribution in [3.63, 3.8) is 0 Å². The van der Waals surface area contributed by atoms with Crippen molar-refractivity contribution in [3.8, 4) is 0 Å². The number of hydrogen-bond donors (Lipinski definition) is 1. The van der Waals surface area contributed by atoms with Crippen LogP contribution in [0.1, 0.15) is 43.4 Å². The lowest BCUT2D eigenvalue weighted by molar-refractivity contribution is 0.387. The number of oxazole rings is 1. The van der Waals surface area contributed by atoms with Crippen LogP contribution in [0.5, 0.6) is 0 Å². The average Bonchev–Trinajstić information content (AvgIpc) is 2.78. The molecular weight excluding hydrogens is 208 g/mol. The summed E-state index contributed by atoms with van der Waals surface area (Å²) < 4.78 is 5.79. The fraction of sp³-hybridized carbons (Fsp3) is 0.727. The van der Waals surface area contributed by atoms with Crippen molar-refractivity contribution in [2.24, 2.45) is 0 Å². The van der Waals surface area contributed by atoms with E-state index < -0.39 is 0 Å². The number of nitrogens with one attached hydrogen (secondary N) is 1. The Balaban J connectivity index is 2.05. The zero-order chi connectivity index (χ0) is 10.7. The first-order valence-corrected chi connectivity index (χ1v) is 6.67. The largest absolute Gasteiger partial charge is 0.444 e. The molecule has 1 aromatic heterocycles. The topological polar surface area (TPSA) is 38.1 Å². The second-order valence-corrected chi connectivity index (χ2v) is 5.18.